The largest absolute Gasteiger partial charge is 0.353 e. The van der Waals surface area contributed by atoms with Crippen molar-refractivity contribution in [2.45, 2.75) is 12.6 Å². The zero-order valence-electron chi connectivity index (χ0n) is 15.8. The molecule has 2 rings (SSSR count). The Morgan fingerprint density at radius 2 is 1.46 bits per heavy atom. The molecule has 0 aromatic heterocycles. The van der Waals surface area contributed by atoms with Crippen LogP contribution >= 0.6 is 0 Å². The molecule has 2 aromatic rings. The number of rotatable bonds is 8. The van der Waals surface area contributed by atoms with Gasteiger partial charge in [-0.25, -0.2) is 13.6 Å². The molecular weight excluding hydrogens is 366 g/mol. The fourth-order valence-electron chi connectivity index (χ4n) is 2.56. The second-order valence-corrected chi connectivity index (χ2v) is 6.50. The molecule has 8 heteroatoms. The lowest BCUT2D eigenvalue weighted by Crippen LogP contribution is -2.43. The number of urea groups is 1. The number of nitrogens with one attached hydrogen (secondary N) is 3. The van der Waals surface area contributed by atoms with Gasteiger partial charge in [0.2, 0.25) is 5.91 Å². The van der Waals surface area contributed by atoms with Gasteiger partial charge in [-0.05, 0) is 49.5 Å². The Hall–Kier alpha value is -3.00. The molecule has 0 aliphatic carbocycles. The van der Waals surface area contributed by atoms with Crippen LogP contribution in [0.5, 0.6) is 0 Å². The summed E-state index contributed by atoms with van der Waals surface area (Å²) in [5, 5.41) is 7.81. The quantitative estimate of drug-likeness (QED) is 0.647. The van der Waals surface area contributed by atoms with E-state index in [2.05, 4.69) is 16.0 Å². The zero-order valence-corrected chi connectivity index (χ0v) is 15.8. The maximum Gasteiger partial charge on any atom is 0.315 e. The van der Waals surface area contributed by atoms with Crippen molar-refractivity contribution >= 4 is 11.9 Å². The summed E-state index contributed by atoms with van der Waals surface area (Å²) in [6.07, 6.45) is 0. The molecule has 0 spiro atoms. The van der Waals surface area contributed by atoms with Crippen LogP contribution < -0.4 is 16.0 Å². The first-order valence-corrected chi connectivity index (χ1v) is 8.80. The maximum atomic E-state index is 13.1. The molecule has 28 heavy (non-hydrogen) atoms. The van der Waals surface area contributed by atoms with Gasteiger partial charge in [0.05, 0.1) is 12.6 Å². The van der Waals surface area contributed by atoms with Crippen molar-refractivity contribution in [3.05, 3.63) is 71.3 Å². The van der Waals surface area contributed by atoms with Gasteiger partial charge in [-0.2, -0.15) is 0 Å². The van der Waals surface area contributed by atoms with Gasteiger partial charge in [0.15, 0.2) is 0 Å². The van der Waals surface area contributed by atoms with Gasteiger partial charge in [0.25, 0.3) is 0 Å². The van der Waals surface area contributed by atoms with Crippen LogP contribution in [0.15, 0.2) is 48.5 Å². The molecular formula is C20H24F2N4O2. The van der Waals surface area contributed by atoms with Crippen molar-refractivity contribution in [3.63, 3.8) is 0 Å². The molecule has 3 N–H and O–H groups in total. The van der Waals surface area contributed by atoms with Crippen molar-refractivity contribution in [1.82, 2.24) is 20.9 Å². The third kappa shape index (κ3) is 6.96. The predicted molar refractivity (Wildman–Crippen MR) is 102 cm³/mol. The van der Waals surface area contributed by atoms with Crippen molar-refractivity contribution in [2.75, 3.05) is 27.2 Å². The molecule has 0 saturated carbocycles. The molecule has 1 atom stereocenters. The van der Waals surface area contributed by atoms with Crippen molar-refractivity contribution < 1.29 is 18.4 Å². The Bertz CT molecular complexity index is 780. The number of carbonyl (C=O) groups is 2. The monoisotopic (exact) mass is 390 g/mol. The van der Waals surface area contributed by atoms with Gasteiger partial charge >= 0.3 is 6.03 Å². The lowest BCUT2D eigenvalue weighted by Gasteiger charge is -2.25. The highest BCUT2D eigenvalue weighted by Crippen LogP contribution is 2.17. The second-order valence-electron chi connectivity index (χ2n) is 6.50. The van der Waals surface area contributed by atoms with Crippen molar-refractivity contribution in [2.24, 2.45) is 0 Å². The van der Waals surface area contributed by atoms with Crippen LogP contribution in [0.3, 0.4) is 0 Å². The fraction of sp³-hybridized carbons (Fsp3) is 0.300. The lowest BCUT2D eigenvalue weighted by molar-refractivity contribution is -0.120. The van der Waals surface area contributed by atoms with Crippen LogP contribution in [-0.4, -0.2) is 44.0 Å². The van der Waals surface area contributed by atoms with Gasteiger partial charge in [-0.1, -0.05) is 24.3 Å². The average Bonchev–Trinajstić information content (AvgIpc) is 2.67. The zero-order chi connectivity index (χ0) is 20.5. The summed E-state index contributed by atoms with van der Waals surface area (Å²) < 4.78 is 25.9. The molecule has 0 radical (unpaired) electrons. The Balaban J connectivity index is 1.73. The highest BCUT2D eigenvalue weighted by molar-refractivity contribution is 5.83. The van der Waals surface area contributed by atoms with E-state index in [1.807, 2.05) is 19.0 Å². The van der Waals surface area contributed by atoms with Crippen LogP contribution in [0.2, 0.25) is 0 Å². The van der Waals surface area contributed by atoms with Crippen LogP contribution in [0, 0.1) is 11.6 Å². The minimum Gasteiger partial charge on any atom is -0.353 e. The van der Waals surface area contributed by atoms with E-state index in [0.717, 1.165) is 11.1 Å². The number of nitrogens with zero attached hydrogens (tertiary/aromatic N) is 1. The Morgan fingerprint density at radius 1 is 0.893 bits per heavy atom. The van der Waals surface area contributed by atoms with Crippen LogP contribution in [0.1, 0.15) is 17.2 Å². The van der Waals surface area contributed by atoms with E-state index in [9.17, 15) is 18.4 Å². The number of likely N-dealkylation sites (N-methyl/N-ethyl adjacent to an activating group) is 1. The number of amides is 3. The minimum atomic E-state index is -0.498. The number of hydrogen-bond acceptors (Lipinski definition) is 3. The molecule has 0 bridgehead atoms. The van der Waals surface area contributed by atoms with Crippen LogP contribution in [-0.2, 0) is 11.3 Å². The summed E-state index contributed by atoms with van der Waals surface area (Å²) in [7, 11) is 3.72. The first kappa shape index (κ1) is 21.3. The van der Waals surface area contributed by atoms with E-state index in [-0.39, 0.29) is 36.7 Å². The summed E-state index contributed by atoms with van der Waals surface area (Å²) in [6, 6.07) is 11.2. The molecule has 3 amide bonds. The molecule has 0 aliphatic rings. The van der Waals surface area contributed by atoms with E-state index in [1.165, 1.54) is 24.3 Å². The van der Waals surface area contributed by atoms with Crippen molar-refractivity contribution in [1.29, 1.82) is 0 Å². The first-order chi connectivity index (χ1) is 13.3. The summed E-state index contributed by atoms with van der Waals surface area (Å²) >= 11 is 0. The van der Waals surface area contributed by atoms with E-state index in [4.69, 9.17) is 0 Å². The lowest BCUT2D eigenvalue weighted by atomic mass is 10.1. The molecule has 2 aromatic carbocycles. The minimum absolute atomic E-state index is 0.128. The Labute approximate surface area is 162 Å². The summed E-state index contributed by atoms with van der Waals surface area (Å²) in [6.45, 7) is 0.357. The van der Waals surface area contributed by atoms with E-state index >= 15 is 0 Å². The molecule has 150 valence electrons. The molecule has 0 fully saturated rings. The van der Waals surface area contributed by atoms with Gasteiger partial charge in [0, 0.05) is 13.1 Å². The topological polar surface area (TPSA) is 73.5 Å². The highest BCUT2D eigenvalue weighted by atomic mass is 19.1. The third-order valence-electron chi connectivity index (χ3n) is 4.15. The molecule has 1 unspecified atom stereocenters. The van der Waals surface area contributed by atoms with Gasteiger partial charge in [-0.15, -0.1) is 0 Å². The second kappa shape index (κ2) is 10.4. The normalized spacial score (nSPS) is 11.8. The highest BCUT2D eigenvalue weighted by Gasteiger charge is 2.15. The van der Waals surface area contributed by atoms with Crippen molar-refractivity contribution in [3.8, 4) is 0 Å². The molecule has 0 saturated heterocycles. The predicted octanol–water partition coefficient (Wildman–Crippen LogP) is 2.18. The maximum absolute atomic E-state index is 13.1. The van der Waals surface area contributed by atoms with E-state index < -0.39 is 6.03 Å². The van der Waals surface area contributed by atoms with Gasteiger partial charge < -0.3 is 20.9 Å². The number of halogens is 2. The number of benzene rings is 2. The molecule has 6 nitrogen and oxygen atoms in total. The fourth-order valence-corrected chi connectivity index (χ4v) is 2.56. The molecule has 0 aliphatic heterocycles. The van der Waals surface area contributed by atoms with Gasteiger partial charge in [0.1, 0.15) is 11.6 Å². The van der Waals surface area contributed by atoms with Crippen LogP contribution in [0.25, 0.3) is 0 Å². The van der Waals surface area contributed by atoms with E-state index in [1.54, 1.807) is 24.3 Å². The van der Waals surface area contributed by atoms with Crippen LogP contribution in [0.4, 0.5) is 13.6 Å². The third-order valence-corrected chi connectivity index (χ3v) is 4.15. The molecule has 0 heterocycles. The standard InChI is InChI=1S/C20H24F2N4O2/c1-26(2)18(15-5-9-17(22)10-6-15)12-23-19(27)13-25-20(28)24-11-14-3-7-16(21)8-4-14/h3-10,18H,11-13H2,1-2H3,(H,23,27)(H2,24,25,28). The number of hydrogen-bond donors (Lipinski definition) is 3. The first-order valence-electron chi connectivity index (χ1n) is 8.80. The Morgan fingerprint density at radius 3 is 2.04 bits per heavy atom. The smallest absolute Gasteiger partial charge is 0.315 e. The summed E-state index contributed by atoms with van der Waals surface area (Å²) in [5.74, 6) is -1.01. The average molecular weight is 390 g/mol. The SMILES string of the molecule is CN(C)C(CNC(=O)CNC(=O)NCc1ccc(F)cc1)c1ccc(F)cc1. The number of carbonyl (C=O) groups excluding carboxylic acids is 2. The van der Waals surface area contributed by atoms with Gasteiger partial charge in [-0.3, -0.25) is 4.79 Å². The summed E-state index contributed by atoms with van der Waals surface area (Å²) in [5.41, 5.74) is 1.62. The van der Waals surface area contributed by atoms with E-state index in [0.29, 0.717) is 6.54 Å². The Kier molecular flexibility index (Phi) is 7.88. The summed E-state index contributed by atoms with van der Waals surface area (Å²) in [4.78, 5) is 25.7.